The summed E-state index contributed by atoms with van der Waals surface area (Å²) in [6.45, 7) is 6.93. The lowest BCUT2D eigenvalue weighted by Crippen LogP contribution is -2.32. The van der Waals surface area contributed by atoms with Crippen molar-refractivity contribution in [2.45, 2.75) is 33.2 Å². The second kappa shape index (κ2) is 9.07. The van der Waals surface area contributed by atoms with Crippen molar-refractivity contribution in [2.75, 3.05) is 23.3 Å². The summed E-state index contributed by atoms with van der Waals surface area (Å²) in [7, 11) is 0. The van der Waals surface area contributed by atoms with Crippen molar-refractivity contribution >= 4 is 24.2 Å². The van der Waals surface area contributed by atoms with Crippen LogP contribution >= 0.6 is 12.4 Å². The van der Waals surface area contributed by atoms with E-state index in [1.54, 1.807) is 0 Å². The molecule has 146 valence electrons. The van der Waals surface area contributed by atoms with Crippen molar-refractivity contribution in [3.8, 4) is 0 Å². The molecule has 0 atom stereocenters. The van der Waals surface area contributed by atoms with Gasteiger partial charge in [0.1, 0.15) is 5.82 Å². The van der Waals surface area contributed by atoms with Gasteiger partial charge in [0.2, 0.25) is 5.95 Å². The van der Waals surface area contributed by atoms with E-state index in [1.165, 1.54) is 22.3 Å². The van der Waals surface area contributed by atoms with E-state index in [0.717, 1.165) is 49.9 Å². The standard InChI is InChI=1S/C23H26N4.ClH/c1-17-18(2)25-23(24-14-12-19-8-4-3-5-9-19)26-22(17)27-15-13-20-10-6-7-11-21(20)16-27;/h3-11H,12-16H2,1-2H3,(H,24,25,26);1H. The van der Waals surface area contributed by atoms with Gasteiger partial charge in [0.25, 0.3) is 0 Å². The van der Waals surface area contributed by atoms with Gasteiger partial charge in [0, 0.05) is 30.9 Å². The first-order chi connectivity index (χ1) is 13.2. The zero-order chi connectivity index (χ0) is 18.6. The third-order valence-corrected chi connectivity index (χ3v) is 5.33. The molecule has 2 aromatic carbocycles. The van der Waals surface area contributed by atoms with Gasteiger partial charge >= 0.3 is 0 Å². The highest BCUT2D eigenvalue weighted by atomic mass is 35.5. The Balaban J connectivity index is 0.00000225. The number of hydrogen-bond donors (Lipinski definition) is 1. The predicted octanol–water partition coefficient (Wildman–Crippen LogP) is 4.73. The number of benzene rings is 2. The minimum absolute atomic E-state index is 0. The number of aromatic nitrogens is 2. The smallest absolute Gasteiger partial charge is 0.224 e. The van der Waals surface area contributed by atoms with Gasteiger partial charge in [0.05, 0.1) is 0 Å². The largest absolute Gasteiger partial charge is 0.354 e. The molecule has 0 unspecified atom stereocenters. The molecule has 1 aliphatic heterocycles. The summed E-state index contributed by atoms with van der Waals surface area (Å²) in [4.78, 5) is 11.9. The van der Waals surface area contributed by atoms with Gasteiger partial charge in [-0.05, 0) is 43.4 Å². The maximum atomic E-state index is 4.86. The van der Waals surface area contributed by atoms with E-state index >= 15 is 0 Å². The van der Waals surface area contributed by atoms with Crippen molar-refractivity contribution in [1.29, 1.82) is 0 Å². The van der Waals surface area contributed by atoms with Crippen LogP contribution in [0.5, 0.6) is 0 Å². The Kier molecular flexibility index (Phi) is 6.53. The number of halogens is 1. The van der Waals surface area contributed by atoms with Crippen molar-refractivity contribution in [1.82, 2.24) is 9.97 Å². The molecule has 0 radical (unpaired) electrons. The van der Waals surface area contributed by atoms with Crippen molar-refractivity contribution in [2.24, 2.45) is 0 Å². The van der Waals surface area contributed by atoms with E-state index in [4.69, 9.17) is 4.98 Å². The maximum Gasteiger partial charge on any atom is 0.224 e. The molecular weight excluding hydrogens is 368 g/mol. The third kappa shape index (κ3) is 4.45. The van der Waals surface area contributed by atoms with Crippen LogP contribution in [0.2, 0.25) is 0 Å². The number of aryl methyl sites for hydroxylation is 1. The van der Waals surface area contributed by atoms with Crippen molar-refractivity contribution in [3.05, 3.63) is 82.5 Å². The number of hydrogen-bond acceptors (Lipinski definition) is 4. The Morgan fingerprint density at radius 1 is 0.929 bits per heavy atom. The molecule has 4 rings (SSSR count). The van der Waals surface area contributed by atoms with E-state index in [1.807, 2.05) is 6.07 Å². The van der Waals surface area contributed by atoms with Crippen LogP contribution in [0.25, 0.3) is 0 Å². The summed E-state index contributed by atoms with van der Waals surface area (Å²) in [6.07, 6.45) is 2.03. The molecule has 5 heteroatoms. The van der Waals surface area contributed by atoms with Gasteiger partial charge in [-0.15, -0.1) is 12.4 Å². The number of rotatable bonds is 5. The van der Waals surface area contributed by atoms with E-state index in [-0.39, 0.29) is 12.4 Å². The third-order valence-electron chi connectivity index (χ3n) is 5.33. The summed E-state index contributed by atoms with van der Waals surface area (Å²) < 4.78 is 0. The van der Waals surface area contributed by atoms with Gasteiger partial charge in [0.15, 0.2) is 0 Å². The number of fused-ring (bicyclic) bond motifs is 1. The number of anilines is 2. The number of nitrogens with zero attached hydrogens (tertiary/aromatic N) is 3. The molecule has 3 aromatic rings. The Bertz CT molecular complexity index is 927. The maximum absolute atomic E-state index is 4.86. The fraction of sp³-hybridized carbons (Fsp3) is 0.304. The Morgan fingerprint density at radius 3 is 2.43 bits per heavy atom. The molecule has 1 aliphatic rings. The Morgan fingerprint density at radius 2 is 1.64 bits per heavy atom. The fourth-order valence-corrected chi connectivity index (χ4v) is 3.64. The summed E-state index contributed by atoms with van der Waals surface area (Å²) >= 11 is 0. The molecule has 0 fully saturated rings. The lowest BCUT2D eigenvalue weighted by molar-refractivity contribution is 0.715. The summed E-state index contributed by atoms with van der Waals surface area (Å²) in [5.41, 5.74) is 6.39. The molecule has 0 amide bonds. The van der Waals surface area contributed by atoms with Crippen LogP contribution in [0.4, 0.5) is 11.8 Å². The van der Waals surface area contributed by atoms with Gasteiger partial charge in [-0.3, -0.25) is 0 Å². The molecule has 0 spiro atoms. The SMILES string of the molecule is Cc1nc(NCCc2ccccc2)nc(N2CCc3ccccc3C2)c1C.Cl. The molecule has 0 aliphatic carbocycles. The van der Waals surface area contributed by atoms with Crippen LogP contribution in [0, 0.1) is 13.8 Å². The topological polar surface area (TPSA) is 41.1 Å². The first kappa shape index (κ1) is 20.2. The second-order valence-electron chi connectivity index (χ2n) is 7.18. The minimum Gasteiger partial charge on any atom is -0.354 e. The molecule has 0 saturated carbocycles. The van der Waals surface area contributed by atoms with E-state index in [2.05, 4.69) is 77.6 Å². The average molecular weight is 395 g/mol. The van der Waals surface area contributed by atoms with Crippen LogP contribution in [-0.4, -0.2) is 23.1 Å². The van der Waals surface area contributed by atoms with Crippen LogP contribution in [0.1, 0.15) is 27.9 Å². The fourth-order valence-electron chi connectivity index (χ4n) is 3.64. The van der Waals surface area contributed by atoms with Crippen LogP contribution < -0.4 is 10.2 Å². The van der Waals surface area contributed by atoms with E-state index in [9.17, 15) is 0 Å². The summed E-state index contributed by atoms with van der Waals surface area (Å²) in [5.74, 6) is 1.78. The first-order valence-electron chi connectivity index (χ1n) is 9.65. The van der Waals surface area contributed by atoms with Crippen LogP contribution in [-0.2, 0) is 19.4 Å². The lowest BCUT2D eigenvalue weighted by Gasteiger charge is -2.31. The normalized spacial score (nSPS) is 12.9. The number of nitrogens with one attached hydrogen (secondary N) is 1. The summed E-state index contributed by atoms with van der Waals surface area (Å²) in [5, 5.41) is 3.41. The Labute approximate surface area is 173 Å². The average Bonchev–Trinajstić information content (AvgIpc) is 2.71. The van der Waals surface area contributed by atoms with Crippen molar-refractivity contribution < 1.29 is 0 Å². The summed E-state index contributed by atoms with van der Waals surface area (Å²) in [6, 6.07) is 19.2. The van der Waals surface area contributed by atoms with Crippen LogP contribution in [0.3, 0.4) is 0 Å². The lowest BCUT2D eigenvalue weighted by atomic mass is 9.99. The van der Waals surface area contributed by atoms with Gasteiger partial charge in [-0.25, -0.2) is 4.98 Å². The molecule has 1 aromatic heterocycles. The molecule has 0 saturated heterocycles. The zero-order valence-electron chi connectivity index (χ0n) is 16.5. The highest BCUT2D eigenvalue weighted by Crippen LogP contribution is 2.27. The Hall–Kier alpha value is -2.59. The first-order valence-corrected chi connectivity index (χ1v) is 9.65. The molecule has 0 bridgehead atoms. The quantitative estimate of drug-likeness (QED) is 0.679. The van der Waals surface area contributed by atoms with Crippen molar-refractivity contribution in [3.63, 3.8) is 0 Å². The second-order valence-corrected chi connectivity index (χ2v) is 7.18. The monoisotopic (exact) mass is 394 g/mol. The highest BCUT2D eigenvalue weighted by Gasteiger charge is 2.20. The van der Waals surface area contributed by atoms with Gasteiger partial charge in [-0.1, -0.05) is 54.6 Å². The van der Waals surface area contributed by atoms with E-state index < -0.39 is 0 Å². The molecule has 4 nitrogen and oxygen atoms in total. The zero-order valence-corrected chi connectivity index (χ0v) is 17.3. The minimum atomic E-state index is 0. The van der Waals surface area contributed by atoms with Crippen LogP contribution in [0.15, 0.2) is 54.6 Å². The molecule has 2 heterocycles. The highest BCUT2D eigenvalue weighted by molar-refractivity contribution is 5.85. The van der Waals surface area contributed by atoms with E-state index in [0.29, 0.717) is 0 Å². The molecule has 28 heavy (non-hydrogen) atoms. The van der Waals surface area contributed by atoms with Gasteiger partial charge in [-0.2, -0.15) is 4.98 Å². The molecular formula is C23H27ClN4. The molecule has 1 N–H and O–H groups in total. The van der Waals surface area contributed by atoms with Gasteiger partial charge < -0.3 is 10.2 Å². The predicted molar refractivity (Wildman–Crippen MR) is 119 cm³/mol.